The van der Waals surface area contributed by atoms with Crippen molar-refractivity contribution in [2.75, 3.05) is 47.0 Å². The summed E-state index contributed by atoms with van der Waals surface area (Å²) in [6.45, 7) is 4.95. The largest absolute Gasteiger partial charge is 0.497 e. The van der Waals surface area contributed by atoms with Gasteiger partial charge < -0.3 is 25.0 Å². The van der Waals surface area contributed by atoms with Gasteiger partial charge in [0.15, 0.2) is 0 Å². The van der Waals surface area contributed by atoms with E-state index >= 15 is 0 Å². The minimum atomic E-state index is -0.0166. The van der Waals surface area contributed by atoms with Gasteiger partial charge in [-0.05, 0) is 55.1 Å². The maximum absolute atomic E-state index is 13.0. The predicted octanol–water partition coefficient (Wildman–Crippen LogP) is 2.97. The monoisotopic (exact) mass is 451 g/mol. The molecule has 2 aliphatic rings. The Bertz CT molecular complexity index is 878. The van der Waals surface area contributed by atoms with Crippen LogP contribution < -0.4 is 15.4 Å². The molecule has 2 fully saturated rings. The summed E-state index contributed by atoms with van der Waals surface area (Å²) in [4.78, 5) is 15.3. The van der Waals surface area contributed by atoms with Crippen molar-refractivity contribution in [3.63, 3.8) is 0 Å². The number of likely N-dealkylation sites (N-methyl/N-ethyl adjacent to an activating group) is 1. The molecule has 2 atom stereocenters. The molecule has 0 radical (unpaired) electrons. The highest BCUT2D eigenvalue weighted by molar-refractivity contribution is 5.80. The summed E-state index contributed by atoms with van der Waals surface area (Å²) in [5.41, 5.74) is 3.74. The van der Waals surface area contributed by atoms with Gasteiger partial charge in [0.1, 0.15) is 5.75 Å². The number of rotatable bonds is 9. The number of ether oxygens (including phenoxy) is 2. The molecule has 0 unspecified atom stereocenters. The number of hydrogen-bond acceptors (Lipinski definition) is 5. The Morgan fingerprint density at radius 3 is 2.42 bits per heavy atom. The van der Waals surface area contributed by atoms with E-state index in [9.17, 15) is 4.79 Å². The lowest BCUT2D eigenvalue weighted by Gasteiger charge is -2.23. The lowest BCUT2D eigenvalue weighted by molar-refractivity contribution is -0.124. The summed E-state index contributed by atoms with van der Waals surface area (Å²) in [6.07, 6.45) is 2.99. The zero-order chi connectivity index (χ0) is 23.0. The Kier molecular flexibility index (Phi) is 8.37. The molecule has 0 aliphatic carbocycles. The molecule has 0 spiro atoms. The normalized spacial score (nSPS) is 21.8. The summed E-state index contributed by atoms with van der Waals surface area (Å²) >= 11 is 0. The predicted molar refractivity (Wildman–Crippen MR) is 131 cm³/mol. The van der Waals surface area contributed by atoms with E-state index in [2.05, 4.69) is 59.0 Å². The van der Waals surface area contributed by atoms with Crippen LogP contribution >= 0.6 is 0 Å². The van der Waals surface area contributed by atoms with Gasteiger partial charge in [-0.15, -0.1) is 0 Å². The molecule has 2 aliphatic heterocycles. The van der Waals surface area contributed by atoms with E-state index in [4.69, 9.17) is 9.47 Å². The number of likely N-dealkylation sites (tertiary alicyclic amines) is 1. The van der Waals surface area contributed by atoms with Crippen molar-refractivity contribution < 1.29 is 14.3 Å². The molecule has 0 saturated carbocycles. The van der Waals surface area contributed by atoms with Gasteiger partial charge in [-0.1, -0.05) is 36.4 Å². The molecule has 4 rings (SSSR count). The maximum Gasteiger partial charge on any atom is 0.225 e. The molecule has 2 heterocycles. The summed E-state index contributed by atoms with van der Waals surface area (Å²) in [6, 6.07) is 17.4. The third kappa shape index (κ3) is 6.56. The van der Waals surface area contributed by atoms with E-state index in [1.807, 2.05) is 12.1 Å². The standard InChI is InChI=1S/C27H37N3O3/c1-30-18-25(22-7-3-21(4-8-22)17-29-23-12-15-33-16-13-23)26(19-30)27(31)28-14-11-20-5-9-24(32-2)10-6-20/h3-10,23,25-26,29H,11-19H2,1-2H3,(H,28,31)/t25-,26-/m1/s1. The van der Waals surface area contributed by atoms with Crippen molar-refractivity contribution in [3.8, 4) is 5.75 Å². The minimum Gasteiger partial charge on any atom is -0.497 e. The molecule has 2 saturated heterocycles. The fraction of sp³-hybridized carbons (Fsp3) is 0.519. The van der Waals surface area contributed by atoms with Gasteiger partial charge in [0.05, 0.1) is 13.0 Å². The smallest absolute Gasteiger partial charge is 0.225 e. The zero-order valence-corrected chi connectivity index (χ0v) is 19.9. The second-order valence-corrected chi connectivity index (χ2v) is 9.33. The Morgan fingerprint density at radius 2 is 1.73 bits per heavy atom. The third-order valence-corrected chi connectivity index (χ3v) is 6.94. The molecule has 1 amide bonds. The zero-order valence-electron chi connectivity index (χ0n) is 19.9. The van der Waals surface area contributed by atoms with Crippen molar-refractivity contribution >= 4 is 5.91 Å². The summed E-state index contributed by atoms with van der Waals surface area (Å²) in [7, 11) is 3.77. The maximum atomic E-state index is 13.0. The van der Waals surface area contributed by atoms with Crippen LogP contribution in [0.2, 0.25) is 0 Å². The van der Waals surface area contributed by atoms with Crippen LogP contribution in [0.1, 0.15) is 35.4 Å². The first-order chi connectivity index (χ1) is 16.1. The summed E-state index contributed by atoms with van der Waals surface area (Å²) < 4.78 is 10.6. The number of amides is 1. The number of benzene rings is 2. The van der Waals surface area contributed by atoms with Gasteiger partial charge in [0.2, 0.25) is 5.91 Å². The van der Waals surface area contributed by atoms with Gasteiger partial charge in [-0.2, -0.15) is 0 Å². The van der Waals surface area contributed by atoms with Crippen LogP contribution in [0.25, 0.3) is 0 Å². The SMILES string of the molecule is COc1ccc(CCNC(=O)[C@@H]2CN(C)C[C@@H]2c2ccc(CNC3CCOCC3)cc2)cc1. The fourth-order valence-electron chi connectivity index (χ4n) is 4.90. The van der Waals surface area contributed by atoms with Gasteiger partial charge in [0.25, 0.3) is 0 Å². The number of nitrogens with one attached hydrogen (secondary N) is 2. The van der Waals surface area contributed by atoms with E-state index in [1.54, 1.807) is 7.11 Å². The summed E-state index contributed by atoms with van der Waals surface area (Å²) in [5.74, 6) is 1.22. The van der Waals surface area contributed by atoms with E-state index in [1.165, 1.54) is 16.7 Å². The molecular weight excluding hydrogens is 414 g/mol. The molecule has 2 N–H and O–H groups in total. The fourth-order valence-corrected chi connectivity index (χ4v) is 4.90. The highest BCUT2D eigenvalue weighted by atomic mass is 16.5. The highest BCUT2D eigenvalue weighted by Gasteiger charge is 2.36. The quantitative estimate of drug-likeness (QED) is 0.614. The van der Waals surface area contributed by atoms with Gasteiger partial charge >= 0.3 is 0 Å². The molecule has 33 heavy (non-hydrogen) atoms. The molecular formula is C27H37N3O3. The molecule has 178 valence electrons. The third-order valence-electron chi connectivity index (χ3n) is 6.94. The average molecular weight is 452 g/mol. The van der Waals surface area contributed by atoms with Gasteiger partial charge in [0, 0.05) is 51.4 Å². The number of nitrogens with zero attached hydrogens (tertiary/aromatic N) is 1. The van der Waals surface area contributed by atoms with Crippen molar-refractivity contribution in [2.24, 2.45) is 5.92 Å². The van der Waals surface area contributed by atoms with Crippen LogP contribution in [0.5, 0.6) is 5.75 Å². The first-order valence-corrected chi connectivity index (χ1v) is 12.1. The lowest BCUT2D eigenvalue weighted by atomic mass is 9.88. The lowest BCUT2D eigenvalue weighted by Crippen LogP contribution is -2.35. The van der Waals surface area contributed by atoms with Crippen molar-refractivity contribution in [3.05, 3.63) is 65.2 Å². The Hall–Kier alpha value is -2.41. The van der Waals surface area contributed by atoms with Crippen molar-refractivity contribution in [2.45, 2.75) is 37.8 Å². The Morgan fingerprint density at radius 1 is 1.03 bits per heavy atom. The number of hydrogen-bond donors (Lipinski definition) is 2. The van der Waals surface area contributed by atoms with Crippen LogP contribution in [0.15, 0.2) is 48.5 Å². The first-order valence-electron chi connectivity index (χ1n) is 12.1. The first kappa shape index (κ1) is 23.7. The van der Waals surface area contributed by atoms with E-state index in [-0.39, 0.29) is 17.7 Å². The van der Waals surface area contributed by atoms with Crippen LogP contribution in [0.4, 0.5) is 0 Å². The van der Waals surface area contributed by atoms with Crippen LogP contribution in [0, 0.1) is 5.92 Å². The van der Waals surface area contributed by atoms with Crippen molar-refractivity contribution in [1.82, 2.24) is 15.5 Å². The number of carbonyl (C=O) groups excluding carboxylic acids is 1. The molecule has 2 aromatic carbocycles. The van der Waals surface area contributed by atoms with Crippen LogP contribution in [-0.4, -0.2) is 63.9 Å². The number of carbonyl (C=O) groups is 1. The van der Waals surface area contributed by atoms with Crippen LogP contribution in [-0.2, 0) is 22.5 Å². The molecule has 6 heteroatoms. The Balaban J connectivity index is 1.29. The topological polar surface area (TPSA) is 62.8 Å². The Labute approximate surface area is 197 Å². The second kappa shape index (κ2) is 11.6. The highest BCUT2D eigenvalue weighted by Crippen LogP contribution is 2.32. The number of methoxy groups -OCH3 is 1. The average Bonchev–Trinajstić information content (AvgIpc) is 3.26. The molecule has 6 nitrogen and oxygen atoms in total. The van der Waals surface area contributed by atoms with Crippen LogP contribution in [0.3, 0.4) is 0 Å². The van der Waals surface area contributed by atoms with Crippen molar-refractivity contribution in [1.29, 1.82) is 0 Å². The second-order valence-electron chi connectivity index (χ2n) is 9.33. The molecule has 0 aromatic heterocycles. The van der Waals surface area contributed by atoms with Gasteiger partial charge in [-0.25, -0.2) is 0 Å². The van der Waals surface area contributed by atoms with E-state index in [0.29, 0.717) is 12.6 Å². The van der Waals surface area contributed by atoms with E-state index in [0.717, 1.165) is 57.9 Å². The van der Waals surface area contributed by atoms with E-state index < -0.39 is 0 Å². The minimum absolute atomic E-state index is 0.0166. The van der Waals surface area contributed by atoms with Gasteiger partial charge in [-0.3, -0.25) is 4.79 Å². The molecule has 2 aromatic rings. The molecule has 0 bridgehead atoms. The summed E-state index contributed by atoms with van der Waals surface area (Å²) in [5, 5.41) is 6.82.